The number of rotatable bonds is 4. The van der Waals surface area contributed by atoms with Gasteiger partial charge in [-0.2, -0.15) is 0 Å². The van der Waals surface area contributed by atoms with Gasteiger partial charge in [0.2, 0.25) is 5.43 Å². The van der Waals surface area contributed by atoms with Gasteiger partial charge in [-0.15, -0.1) is 0 Å². The van der Waals surface area contributed by atoms with E-state index in [1.807, 2.05) is 6.92 Å². The van der Waals surface area contributed by atoms with Gasteiger partial charge in [0.1, 0.15) is 17.1 Å². The number of hydrogen-bond donors (Lipinski definition) is 1. The summed E-state index contributed by atoms with van der Waals surface area (Å²) >= 11 is 0. The highest BCUT2D eigenvalue weighted by Gasteiger charge is 2.20. The smallest absolute Gasteiger partial charge is 0.343 e. The van der Waals surface area contributed by atoms with Crippen molar-refractivity contribution in [2.24, 2.45) is 0 Å². The molecule has 1 unspecified atom stereocenters. The molecule has 0 saturated carbocycles. The lowest BCUT2D eigenvalue weighted by Crippen LogP contribution is -2.18. The van der Waals surface area contributed by atoms with Crippen LogP contribution in [0.5, 0.6) is 5.75 Å². The minimum Gasteiger partial charge on any atom is -0.480 e. The number of fused-ring (bicyclic) bond motifs is 1. The molecule has 0 bridgehead atoms. The molecule has 0 aliphatic rings. The monoisotopic (exact) mass is 360 g/mol. The van der Waals surface area contributed by atoms with Crippen LogP contribution in [0.25, 0.3) is 22.0 Å². The van der Waals surface area contributed by atoms with E-state index in [1.54, 1.807) is 26.0 Å². The number of pyridine rings is 1. The molecule has 0 aliphatic heterocycles. The van der Waals surface area contributed by atoms with Crippen molar-refractivity contribution >= 4 is 26.3 Å². The molecule has 0 spiro atoms. The van der Waals surface area contributed by atoms with E-state index in [0.29, 0.717) is 28.1 Å². The SMILES string of the molecule is CCOC(=O)c1c[nH]c2cc(-c3c(C)noc3C)c(OP)cc2c1=O. The Morgan fingerprint density at radius 2 is 2.12 bits per heavy atom. The van der Waals surface area contributed by atoms with E-state index >= 15 is 0 Å². The Kier molecular flexibility index (Phi) is 4.59. The summed E-state index contributed by atoms with van der Waals surface area (Å²) in [5.41, 5.74) is 2.35. The van der Waals surface area contributed by atoms with Crippen LogP contribution in [0, 0.1) is 13.8 Å². The third-order valence-electron chi connectivity index (χ3n) is 3.91. The molecule has 0 amide bonds. The normalized spacial score (nSPS) is 10.9. The van der Waals surface area contributed by atoms with E-state index in [-0.39, 0.29) is 12.2 Å². The van der Waals surface area contributed by atoms with E-state index in [0.717, 1.165) is 11.1 Å². The van der Waals surface area contributed by atoms with E-state index in [9.17, 15) is 9.59 Å². The zero-order valence-corrected chi connectivity index (χ0v) is 15.2. The van der Waals surface area contributed by atoms with Gasteiger partial charge >= 0.3 is 5.97 Å². The van der Waals surface area contributed by atoms with Crippen LogP contribution in [-0.4, -0.2) is 22.7 Å². The first-order valence-electron chi connectivity index (χ1n) is 7.64. The summed E-state index contributed by atoms with van der Waals surface area (Å²) in [6.45, 7) is 5.51. The molecule has 1 aromatic carbocycles. The van der Waals surface area contributed by atoms with E-state index in [4.69, 9.17) is 13.8 Å². The maximum Gasteiger partial charge on any atom is 0.343 e. The van der Waals surface area contributed by atoms with Crippen molar-refractivity contribution < 1.29 is 18.6 Å². The lowest BCUT2D eigenvalue weighted by atomic mass is 10.0. The number of esters is 1. The fraction of sp³-hybridized carbons (Fsp3) is 0.235. The van der Waals surface area contributed by atoms with Gasteiger partial charge in [0.05, 0.1) is 38.2 Å². The zero-order valence-electron chi connectivity index (χ0n) is 14.0. The van der Waals surface area contributed by atoms with Gasteiger partial charge in [-0.05, 0) is 32.9 Å². The van der Waals surface area contributed by atoms with Crippen molar-refractivity contribution in [3.63, 3.8) is 0 Å². The molecule has 0 radical (unpaired) electrons. The van der Waals surface area contributed by atoms with Gasteiger partial charge in [-0.1, -0.05) is 5.16 Å². The second-order valence-corrected chi connectivity index (χ2v) is 5.70. The maximum atomic E-state index is 12.6. The van der Waals surface area contributed by atoms with Gasteiger partial charge in [-0.25, -0.2) is 4.79 Å². The second-order valence-electron chi connectivity index (χ2n) is 5.46. The molecule has 7 nitrogen and oxygen atoms in total. The fourth-order valence-corrected chi connectivity index (χ4v) is 2.96. The summed E-state index contributed by atoms with van der Waals surface area (Å²) in [5, 5.41) is 4.28. The minimum absolute atomic E-state index is 0.0471. The van der Waals surface area contributed by atoms with Crippen molar-refractivity contribution in [3.05, 3.63) is 45.6 Å². The van der Waals surface area contributed by atoms with E-state index in [2.05, 4.69) is 19.6 Å². The molecular formula is C17H17N2O5P. The fourth-order valence-electron chi connectivity index (χ4n) is 2.77. The van der Waals surface area contributed by atoms with Crippen LogP contribution in [0.3, 0.4) is 0 Å². The Labute approximate surface area is 145 Å². The van der Waals surface area contributed by atoms with E-state index in [1.165, 1.54) is 6.20 Å². The third-order valence-corrected chi connectivity index (χ3v) is 4.16. The quantitative estimate of drug-likeness (QED) is 0.567. The highest BCUT2D eigenvalue weighted by atomic mass is 31.0. The van der Waals surface area contributed by atoms with Crippen LogP contribution >= 0.6 is 9.47 Å². The summed E-state index contributed by atoms with van der Waals surface area (Å²) in [6, 6.07) is 3.36. The Morgan fingerprint density at radius 1 is 1.36 bits per heavy atom. The molecule has 1 atom stereocenters. The molecule has 2 aromatic heterocycles. The maximum absolute atomic E-state index is 12.6. The Morgan fingerprint density at radius 3 is 2.72 bits per heavy atom. The number of hydrogen-bond acceptors (Lipinski definition) is 6. The number of nitrogens with zero attached hydrogens (tertiary/aromatic N) is 1. The lowest BCUT2D eigenvalue weighted by Gasteiger charge is -2.11. The van der Waals surface area contributed by atoms with Crippen LogP contribution in [0.1, 0.15) is 28.7 Å². The van der Waals surface area contributed by atoms with Crippen LogP contribution in [0.15, 0.2) is 27.6 Å². The summed E-state index contributed by atoms with van der Waals surface area (Å²) in [7, 11) is 2.16. The van der Waals surface area contributed by atoms with Crippen molar-refractivity contribution in [1.82, 2.24) is 10.1 Å². The number of carbonyl (C=O) groups is 1. The average molecular weight is 360 g/mol. The number of benzene rings is 1. The topological polar surface area (TPSA) is 94.4 Å². The van der Waals surface area contributed by atoms with Crippen LogP contribution < -0.4 is 9.95 Å². The zero-order chi connectivity index (χ0) is 18.1. The van der Waals surface area contributed by atoms with Gasteiger partial charge in [0.25, 0.3) is 0 Å². The molecule has 25 heavy (non-hydrogen) atoms. The molecule has 130 valence electrons. The van der Waals surface area contributed by atoms with Gasteiger partial charge < -0.3 is 18.8 Å². The largest absolute Gasteiger partial charge is 0.480 e. The molecule has 0 aliphatic carbocycles. The van der Waals surface area contributed by atoms with E-state index < -0.39 is 11.4 Å². The number of carbonyl (C=O) groups excluding carboxylic acids is 1. The van der Waals surface area contributed by atoms with Crippen molar-refractivity contribution in [3.8, 4) is 16.9 Å². The third kappa shape index (κ3) is 2.91. The summed E-state index contributed by atoms with van der Waals surface area (Å²) in [5.74, 6) is 0.442. The Balaban J connectivity index is 2.26. The molecular weight excluding hydrogens is 343 g/mol. The van der Waals surface area contributed by atoms with Crippen molar-refractivity contribution in [2.45, 2.75) is 20.8 Å². The van der Waals surface area contributed by atoms with Gasteiger partial charge in [-0.3, -0.25) is 4.79 Å². The molecule has 2 heterocycles. The summed E-state index contributed by atoms with van der Waals surface area (Å²) in [6.07, 6.45) is 1.36. The van der Waals surface area contributed by atoms with Crippen molar-refractivity contribution in [1.29, 1.82) is 0 Å². The number of aryl methyl sites for hydroxylation is 2. The predicted octanol–water partition coefficient (Wildman–Crippen LogP) is 3.15. The number of ether oxygens (including phenoxy) is 1. The molecule has 0 saturated heterocycles. The number of H-pyrrole nitrogens is 1. The molecule has 3 aromatic rings. The average Bonchev–Trinajstić information content (AvgIpc) is 2.93. The van der Waals surface area contributed by atoms with Gasteiger partial charge in [0, 0.05) is 11.8 Å². The first-order valence-corrected chi connectivity index (χ1v) is 8.11. The first kappa shape index (κ1) is 17.2. The van der Waals surface area contributed by atoms with Crippen LogP contribution in [0.4, 0.5) is 0 Å². The lowest BCUT2D eigenvalue weighted by molar-refractivity contribution is 0.0524. The summed E-state index contributed by atoms with van der Waals surface area (Å²) < 4.78 is 15.5. The van der Waals surface area contributed by atoms with Crippen LogP contribution in [0.2, 0.25) is 0 Å². The van der Waals surface area contributed by atoms with Crippen LogP contribution in [-0.2, 0) is 4.74 Å². The molecule has 8 heteroatoms. The standard InChI is InChI=1S/C17H17N2O5P/c1-4-22-17(21)12-7-18-13-5-11(15-8(2)19-23-9(15)3)14(24-25)6-10(13)16(12)20/h5-7H,4,25H2,1-3H3,(H,18,20). The molecule has 3 rings (SSSR count). The number of aromatic nitrogens is 2. The highest BCUT2D eigenvalue weighted by Crippen LogP contribution is 2.37. The predicted molar refractivity (Wildman–Crippen MR) is 95.8 cm³/mol. The molecule has 1 N–H and O–H groups in total. The van der Waals surface area contributed by atoms with Crippen molar-refractivity contribution in [2.75, 3.05) is 6.61 Å². The number of nitrogens with one attached hydrogen (secondary N) is 1. The number of aromatic amines is 1. The Bertz CT molecular complexity index is 1000. The second kappa shape index (κ2) is 6.69. The molecule has 0 fully saturated rings. The Hall–Kier alpha value is -2.66. The highest BCUT2D eigenvalue weighted by molar-refractivity contribution is 7.10. The summed E-state index contributed by atoms with van der Waals surface area (Å²) in [4.78, 5) is 27.5. The van der Waals surface area contributed by atoms with Gasteiger partial charge in [0.15, 0.2) is 0 Å². The first-order chi connectivity index (χ1) is 12.0. The minimum atomic E-state index is -0.659.